The molecule has 0 aliphatic rings. The van der Waals surface area contributed by atoms with Crippen LogP contribution in [0.3, 0.4) is 0 Å². The van der Waals surface area contributed by atoms with Crippen molar-refractivity contribution >= 4 is 6.03 Å². The second-order valence-electron chi connectivity index (χ2n) is 3.32. The molecule has 0 aromatic carbocycles. The van der Waals surface area contributed by atoms with E-state index in [1.54, 1.807) is 12.5 Å². The third-order valence-corrected chi connectivity index (χ3v) is 1.95. The summed E-state index contributed by atoms with van der Waals surface area (Å²) in [6.07, 6.45) is 6.03. The maximum Gasteiger partial charge on any atom is 0.314 e. The molecule has 0 bridgehead atoms. The van der Waals surface area contributed by atoms with Crippen LogP contribution in [0, 0.1) is 0 Å². The molecule has 0 aliphatic heterocycles. The van der Waals surface area contributed by atoms with Crippen molar-refractivity contribution < 1.29 is 9.32 Å². The van der Waals surface area contributed by atoms with Crippen molar-refractivity contribution in [3.05, 3.63) is 18.0 Å². The number of hydrogen-bond acceptors (Lipinski definition) is 3. The van der Waals surface area contributed by atoms with Crippen LogP contribution in [0.15, 0.2) is 17.0 Å². The molecule has 0 atom stereocenters. The van der Waals surface area contributed by atoms with Crippen LogP contribution in [-0.2, 0) is 6.42 Å². The van der Waals surface area contributed by atoms with Crippen LogP contribution in [0.5, 0.6) is 0 Å². The number of amides is 2. The molecule has 0 saturated heterocycles. The van der Waals surface area contributed by atoms with E-state index in [0.717, 1.165) is 31.4 Å². The Morgan fingerprint density at radius 2 is 2.27 bits per heavy atom. The van der Waals surface area contributed by atoms with E-state index in [0.29, 0.717) is 6.54 Å². The summed E-state index contributed by atoms with van der Waals surface area (Å²) in [6.45, 7) is 3.41. The van der Waals surface area contributed by atoms with Gasteiger partial charge < -0.3 is 15.2 Å². The van der Waals surface area contributed by atoms with Crippen LogP contribution in [0.2, 0.25) is 0 Å². The largest absolute Gasteiger partial charge is 0.364 e. The molecule has 1 aromatic rings. The Balaban J connectivity index is 1.99. The molecule has 2 amide bonds. The molecule has 0 saturated carbocycles. The first-order chi connectivity index (χ1) is 7.33. The molecule has 2 N–H and O–H groups in total. The summed E-state index contributed by atoms with van der Waals surface area (Å²) in [4.78, 5) is 11.1. The Bertz CT molecular complexity index is 272. The van der Waals surface area contributed by atoms with Crippen LogP contribution < -0.4 is 10.6 Å². The van der Waals surface area contributed by atoms with E-state index in [4.69, 9.17) is 4.52 Å². The van der Waals surface area contributed by atoms with Gasteiger partial charge in [0.05, 0.1) is 6.20 Å². The zero-order chi connectivity index (χ0) is 10.9. The quantitative estimate of drug-likeness (QED) is 0.697. The molecule has 1 aromatic heterocycles. The van der Waals surface area contributed by atoms with Gasteiger partial charge in [-0.05, 0) is 19.3 Å². The Hall–Kier alpha value is -1.52. The molecule has 1 rings (SSSR count). The summed E-state index contributed by atoms with van der Waals surface area (Å²) in [7, 11) is 0. The Morgan fingerprint density at radius 3 is 2.93 bits per heavy atom. The predicted octanol–water partition coefficient (Wildman–Crippen LogP) is 1.32. The number of carbonyl (C=O) groups is 1. The van der Waals surface area contributed by atoms with Crippen molar-refractivity contribution in [2.45, 2.75) is 26.2 Å². The Morgan fingerprint density at radius 1 is 1.47 bits per heavy atom. The number of aryl methyl sites for hydroxylation is 1. The molecule has 0 spiro atoms. The molecule has 0 fully saturated rings. The fourth-order valence-electron chi connectivity index (χ4n) is 1.15. The summed E-state index contributed by atoms with van der Waals surface area (Å²) < 4.78 is 4.70. The molecule has 1 heterocycles. The van der Waals surface area contributed by atoms with E-state index in [-0.39, 0.29) is 6.03 Å². The summed E-state index contributed by atoms with van der Waals surface area (Å²) in [5.74, 6) is 0. The highest BCUT2D eigenvalue weighted by molar-refractivity contribution is 5.73. The highest BCUT2D eigenvalue weighted by Gasteiger charge is 1.98. The van der Waals surface area contributed by atoms with Crippen molar-refractivity contribution in [2.24, 2.45) is 0 Å². The highest BCUT2D eigenvalue weighted by atomic mass is 16.5. The lowest BCUT2D eigenvalue weighted by molar-refractivity contribution is 0.241. The van der Waals surface area contributed by atoms with Gasteiger partial charge in [0.2, 0.25) is 0 Å². The molecule has 15 heavy (non-hydrogen) atoms. The number of nitrogens with one attached hydrogen (secondary N) is 2. The van der Waals surface area contributed by atoms with E-state index in [2.05, 4.69) is 15.8 Å². The monoisotopic (exact) mass is 211 g/mol. The molecule has 0 unspecified atom stereocenters. The van der Waals surface area contributed by atoms with E-state index in [9.17, 15) is 4.79 Å². The summed E-state index contributed by atoms with van der Waals surface area (Å²) in [5, 5.41) is 9.13. The van der Waals surface area contributed by atoms with Crippen molar-refractivity contribution in [2.75, 3.05) is 13.1 Å². The summed E-state index contributed by atoms with van der Waals surface area (Å²) in [5.41, 5.74) is 1.06. The highest BCUT2D eigenvalue weighted by Crippen LogP contribution is 1.99. The molecule has 5 nitrogen and oxygen atoms in total. The lowest BCUT2D eigenvalue weighted by atomic mass is 10.2. The second-order valence-corrected chi connectivity index (χ2v) is 3.32. The van der Waals surface area contributed by atoms with Crippen molar-refractivity contribution in [1.82, 2.24) is 15.8 Å². The Labute approximate surface area is 89.2 Å². The van der Waals surface area contributed by atoms with Gasteiger partial charge in [-0.15, -0.1) is 0 Å². The molecular weight excluding hydrogens is 194 g/mol. The summed E-state index contributed by atoms with van der Waals surface area (Å²) in [6, 6.07) is -0.0952. The van der Waals surface area contributed by atoms with Gasteiger partial charge >= 0.3 is 6.03 Å². The number of carbonyl (C=O) groups excluding carboxylic acids is 1. The Kier molecular flexibility index (Phi) is 5.29. The van der Waals surface area contributed by atoms with Crippen molar-refractivity contribution in [3.8, 4) is 0 Å². The molecule has 0 radical (unpaired) electrons. The SMILES string of the molecule is CCCNC(=O)NCCCc1cnoc1. The average Bonchev–Trinajstić information content (AvgIpc) is 2.74. The third-order valence-electron chi connectivity index (χ3n) is 1.95. The first-order valence-electron chi connectivity index (χ1n) is 5.23. The van der Waals surface area contributed by atoms with Gasteiger partial charge in [0.25, 0.3) is 0 Å². The van der Waals surface area contributed by atoms with Gasteiger partial charge in [-0.25, -0.2) is 4.79 Å². The van der Waals surface area contributed by atoms with E-state index in [1.807, 2.05) is 6.92 Å². The minimum atomic E-state index is -0.0952. The topological polar surface area (TPSA) is 67.2 Å². The molecular formula is C10H17N3O2. The molecule has 84 valence electrons. The first kappa shape index (κ1) is 11.6. The van der Waals surface area contributed by atoms with E-state index < -0.39 is 0 Å². The fraction of sp³-hybridized carbons (Fsp3) is 0.600. The lowest BCUT2D eigenvalue weighted by Gasteiger charge is -2.05. The fourth-order valence-corrected chi connectivity index (χ4v) is 1.15. The van der Waals surface area contributed by atoms with Gasteiger partial charge in [0.15, 0.2) is 0 Å². The maximum atomic E-state index is 11.1. The van der Waals surface area contributed by atoms with Crippen molar-refractivity contribution in [3.63, 3.8) is 0 Å². The van der Waals surface area contributed by atoms with Crippen LogP contribution in [0.1, 0.15) is 25.3 Å². The van der Waals surface area contributed by atoms with Crippen LogP contribution in [-0.4, -0.2) is 24.3 Å². The maximum absolute atomic E-state index is 11.1. The minimum Gasteiger partial charge on any atom is -0.364 e. The number of hydrogen-bond donors (Lipinski definition) is 2. The lowest BCUT2D eigenvalue weighted by Crippen LogP contribution is -2.36. The number of rotatable bonds is 6. The van der Waals surface area contributed by atoms with Gasteiger partial charge in [-0.2, -0.15) is 0 Å². The van der Waals surface area contributed by atoms with Crippen LogP contribution in [0.25, 0.3) is 0 Å². The van der Waals surface area contributed by atoms with E-state index in [1.165, 1.54) is 0 Å². The van der Waals surface area contributed by atoms with E-state index >= 15 is 0 Å². The number of urea groups is 1. The number of nitrogens with zero attached hydrogens (tertiary/aromatic N) is 1. The minimum absolute atomic E-state index is 0.0952. The van der Waals surface area contributed by atoms with Gasteiger partial charge in [0, 0.05) is 18.7 Å². The molecule has 5 heteroatoms. The van der Waals surface area contributed by atoms with Crippen molar-refractivity contribution in [1.29, 1.82) is 0 Å². The van der Waals surface area contributed by atoms with Crippen LogP contribution >= 0.6 is 0 Å². The second kappa shape index (κ2) is 6.86. The standard InChI is InChI=1S/C10H17N3O2/c1-2-5-11-10(14)12-6-3-4-9-7-13-15-8-9/h7-8H,2-6H2,1H3,(H2,11,12,14). The number of aromatic nitrogens is 1. The van der Waals surface area contributed by atoms with Gasteiger partial charge in [0.1, 0.15) is 6.26 Å². The van der Waals surface area contributed by atoms with Gasteiger partial charge in [-0.1, -0.05) is 12.1 Å². The third kappa shape index (κ3) is 5.05. The average molecular weight is 211 g/mol. The van der Waals surface area contributed by atoms with Crippen LogP contribution in [0.4, 0.5) is 4.79 Å². The summed E-state index contributed by atoms with van der Waals surface area (Å²) >= 11 is 0. The normalized spacial score (nSPS) is 9.93. The molecule has 0 aliphatic carbocycles. The smallest absolute Gasteiger partial charge is 0.314 e. The zero-order valence-corrected chi connectivity index (χ0v) is 8.95. The predicted molar refractivity (Wildman–Crippen MR) is 56.5 cm³/mol. The zero-order valence-electron chi connectivity index (χ0n) is 8.95. The first-order valence-corrected chi connectivity index (χ1v) is 5.23. The van der Waals surface area contributed by atoms with Gasteiger partial charge in [-0.3, -0.25) is 0 Å².